The van der Waals surface area contributed by atoms with Crippen molar-refractivity contribution in [2.45, 2.75) is 47.0 Å². The van der Waals surface area contributed by atoms with Gasteiger partial charge in [0.1, 0.15) is 5.01 Å². The molecule has 4 heteroatoms. The minimum Gasteiger partial charge on any atom is -0.481 e. The van der Waals surface area contributed by atoms with Gasteiger partial charge in [-0.2, -0.15) is 0 Å². The number of aliphatic carboxylic acids is 1. The summed E-state index contributed by atoms with van der Waals surface area (Å²) in [4.78, 5) is 16.2. The standard InChI is InChI=1S/C15H17NO2S.C2H6/c1-3-11-4-6-12(7-5-11)15-16-10(2)13(19-15)8-9-14(17)18;1-2/h4-7H,3,8-9H2,1-2H3,(H,17,18);1-2H3. The molecule has 0 aliphatic rings. The zero-order valence-corrected chi connectivity index (χ0v) is 14.0. The van der Waals surface area contributed by atoms with Gasteiger partial charge in [-0.3, -0.25) is 4.79 Å². The van der Waals surface area contributed by atoms with Crippen molar-refractivity contribution in [1.29, 1.82) is 0 Å². The van der Waals surface area contributed by atoms with Gasteiger partial charge in [-0.25, -0.2) is 4.98 Å². The lowest BCUT2D eigenvalue weighted by molar-refractivity contribution is -0.136. The van der Waals surface area contributed by atoms with Gasteiger partial charge in [0.05, 0.1) is 12.1 Å². The van der Waals surface area contributed by atoms with Crippen molar-refractivity contribution in [3.05, 3.63) is 40.4 Å². The first-order chi connectivity index (χ1) is 10.1. The number of rotatable bonds is 5. The monoisotopic (exact) mass is 305 g/mol. The van der Waals surface area contributed by atoms with Crippen molar-refractivity contribution in [2.75, 3.05) is 0 Å². The number of aryl methyl sites for hydroxylation is 3. The van der Waals surface area contributed by atoms with Crippen molar-refractivity contribution in [3.63, 3.8) is 0 Å². The molecule has 0 saturated heterocycles. The summed E-state index contributed by atoms with van der Waals surface area (Å²) in [5.41, 5.74) is 3.36. The Morgan fingerprint density at radius 2 is 1.86 bits per heavy atom. The van der Waals surface area contributed by atoms with Gasteiger partial charge < -0.3 is 5.11 Å². The van der Waals surface area contributed by atoms with Gasteiger partial charge in [0.25, 0.3) is 0 Å². The van der Waals surface area contributed by atoms with Crippen LogP contribution in [0.3, 0.4) is 0 Å². The minimum absolute atomic E-state index is 0.164. The van der Waals surface area contributed by atoms with Crippen LogP contribution in [0, 0.1) is 6.92 Å². The summed E-state index contributed by atoms with van der Waals surface area (Å²) < 4.78 is 0. The molecule has 1 aromatic heterocycles. The van der Waals surface area contributed by atoms with Gasteiger partial charge in [-0.15, -0.1) is 11.3 Å². The summed E-state index contributed by atoms with van der Waals surface area (Å²) in [6, 6.07) is 8.39. The highest BCUT2D eigenvalue weighted by molar-refractivity contribution is 7.15. The van der Waals surface area contributed by atoms with E-state index < -0.39 is 5.97 Å². The van der Waals surface area contributed by atoms with Crippen LogP contribution in [0.15, 0.2) is 24.3 Å². The second kappa shape index (κ2) is 8.57. The Morgan fingerprint density at radius 3 is 2.38 bits per heavy atom. The molecule has 0 radical (unpaired) electrons. The Hall–Kier alpha value is -1.68. The average Bonchev–Trinajstić information content (AvgIpc) is 2.88. The Bertz CT molecular complexity index is 573. The summed E-state index contributed by atoms with van der Waals surface area (Å²) in [5.74, 6) is -0.762. The second-order valence-corrected chi connectivity index (χ2v) is 5.56. The molecular formula is C17H23NO2S. The van der Waals surface area contributed by atoms with E-state index in [9.17, 15) is 4.79 Å². The summed E-state index contributed by atoms with van der Waals surface area (Å²) >= 11 is 1.59. The number of benzene rings is 1. The Kier molecular flexibility index (Phi) is 7.09. The molecule has 2 rings (SSSR count). The van der Waals surface area contributed by atoms with E-state index in [-0.39, 0.29) is 6.42 Å². The van der Waals surface area contributed by atoms with E-state index in [1.807, 2.05) is 20.8 Å². The first kappa shape index (κ1) is 17.4. The van der Waals surface area contributed by atoms with Crippen LogP contribution in [0.2, 0.25) is 0 Å². The smallest absolute Gasteiger partial charge is 0.303 e. The van der Waals surface area contributed by atoms with Crippen LogP contribution in [0.4, 0.5) is 0 Å². The van der Waals surface area contributed by atoms with Gasteiger partial charge in [0.15, 0.2) is 0 Å². The molecule has 0 saturated carbocycles. The third kappa shape index (κ3) is 4.97. The van der Waals surface area contributed by atoms with E-state index in [2.05, 4.69) is 36.2 Å². The van der Waals surface area contributed by atoms with Crippen molar-refractivity contribution in [2.24, 2.45) is 0 Å². The normalized spacial score (nSPS) is 9.90. The third-order valence-electron chi connectivity index (χ3n) is 3.07. The van der Waals surface area contributed by atoms with E-state index in [4.69, 9.17) is 5.11 Å². The Balaban J connectivity index is 0.00000106. The SMILES string of the molecule is CC.CCc1ccc(-c2nc(C)c(CCC(=O)O)s2)cc1. The van der Waals surface area contributed by atoms with Gasteiger partial charge in [0, 0.05) is 10.4 Å². The third-order valence-corrected chi connectivity index (χ3v) is 4.33. The number of hydrogen-bond acceptors (Lipinski definition) is 3. The quantitative estimate of drug-likeness (QED) is 0.869. The number of thiazole rings is 1. The van der Waals surface area contributed by atoms with E-state index in [0.717, 1.165) is 27.6 Å². The van der Waals surface area contributed by atoms with Crippen LogP contribution in [0.25, 0.3) is 10.6 Å². The Morgan fingerprint density at radius 1 is 1.24 bits per heavy atom. The Labute approximate surface area is 130 Å². The number of aromatic nitrogens is 1. The highest BCUT2D eigenvalue weighted by Crippen LogP contribution is 2.29. The maximum Gasteiger partial charge on any atom is 0.303 e. The number of carboxylic acids is 1. The molecule has 1 aromatic carbocycles. The highest BCUT2D eigenvalue weighted by atomic mass is 32.1. The van der Waals surface area contributed by atoms with Crippen LogP contribution in [0.1, 0.15) is 43.3 Å². The molecule has 0 spiro atoms. The molecule has 0 fully saturated rings. The predicted octanol–water partition coefficient (Wildman–Crippen LogP) is 4.72. The van der Waals surface area contributed by atoms with E-state index >= 15 is 0 Å². The van der Waals surface area contributed by atoms with Gasteiger partial charge in [0.2, 0.25) is 0 Å². The average molecular weight is 305 g/mol. The molecule has 3 nitrogen and oxygen atoms in total. The van der Waals surface area contributed by atoms with E-state index in [1.165, 1.54) is 5.56 Å². The van der Waals surface area contributed by atoms with Crippen molar-refractivity contribution < 1.29 is 9.90 Å². The minimum atomic E-state index is -0.762. The summed E-state index contributed by atoms with van der Waals surface area (Å²) in [6.45, 7) is 8.07. The number of carboxylic acid groups (broad SMARTS) is 1. The fourth-order valence-electron chi connectivity index (χ4n) is 1.89. The molecule has 114 valence electrons. The molecule has 0 unspecified atom stereocenters. The maximum absolute atomic E-state index is 10.6. The highest BCUT2D eigenvalue weighted by Gasteiger charge is 2.10. The molecule has 1 N–H and O–H groups in total. The fourth-order valence-corrected chi connectivity index (χ4v) is 2.95. The predicted molar refractivity (Wildman–Crippen MR) is 89.0 cm³/mol. The molecule has 0 aliphatic heterocycles. The lowest BCUT2D eigenvalue weighted by atomic mass is 10.1. The number of nitrogens with zero attached hydrogens (tertiary/aromatic N) is 1. The first-order valence-corrected chi connectivity index (χ1v) is 8.19. The number of carbonyl (C=O) groups is 1. The number of hydrogen-bond donors (Lipinski definition) is 1. The molecule has 2 aromatic rings. The fraction of sp³-hybridized carbons (Fsp3) is 0.412. The summed E-state index contributed by atoms with van der Waals surface area (Å²) in [6.07, 6.45) is 1.75. The van der Waals surface area contributed by atoms with Crippen LogP contribution in [0.5, 0.6) is 0 Å². The molecule has 0 bridgehead atoms. The zero-order valence-electron chi connectivity index (χ0n) is 13.1. The molecule has 0 amide bonds. The summed E-state index contributed by atoms with van der Waals surface area (Å²) in [5, 5.41) is 9.70. The second-order valence-electron chi connectivity index (χ2n) is 4.47. The van der Waals surface area contributed by atoms with Crippen LogP contribution in [-0.4, -0.2) is 16.1 Å². The van der Waals surface area contributed by atoms with Gasteiger partial charge in [-0.1, -0.05) is 45.0 Å². The van der Waals surface area contributed by atoms with Gasteiger partial charge in [-0.05, 0) is 25.3 Å². The van der Waals surface area contributed by atoms with Crippen LogP contribution < -0.4 is 0 Å². The molecule has 0 aliphatic carbocycles. The topological polar surface area (TPSA) is 50.2 Å². The van der Waals surface area contributed by atoms with Crippen molar-refractivity contribution in [3.8, 4) is 10.6 Å². The van der Waals surface area contributed by atoms with E-state index in [1.54, 1.807) is 11.3 Å². The summed E-state index contributed by atoms with van der Waals surface area (Å²) in [7, 11) is 0. The zero-order chi connectivity index (χ0) is 15.8. The molecule has 1 heterocycles. The lowest BCUT2D eigenvalue weighted by Gasteiger charge is -1.98. The van der Waals surface area contributed by atoms with E-state index in [0.29, 0.717) is 6.42 Å². The molecule has 21 heavy (non-hydrogen) atoms. The first-order valence-electron chi connectivity index (χ1n) is 7.37. The lowest BCUT2D eigenvalue weighted by Crippen LogP contribution is -1.96. The van der Waals surface area contributed by atoms with Crippen LogP contribution in [-0.2, 0) is 17.6 Å². The van der Waals surface area contributed by atoms with Crippen LogP contribution >= 0.6 is 11.3 Å². The van der Waals surface area contributed by atoms with Crippen molar-refractivity contribution >= 4 is 17.3 Å². The van der Waals surface area contributed by atoms with Crippen molar-refractivity contribution in [1.82, 2.24) is 4.98 Å². The molecular weight excluding hydrogens is 282 g/mol. The molecule has 0 atom stereocenters. The van der Waals surface area contributed by atoms with Gasteiger partial charge >= 0.3 is 5.97 Å². The largest absolute Gasteiger partial charge is 0.481 e. The maximum atomic E-state index is 10.6.